The van der Waals surface area contributed by atoms with Gasteiger partial charge in [-0.15, -0.1) is 0 Å². The summed E-state index contributed by atoms with van der Waals surface area (Å²) in [4.78, 5) is 2.86. The maximum absolute atomic E-state index is 12.1. The SMILES string of the molecule is N#Cc1cccc2c1[nH]c(=S)n2CCSC(F)(F)F. The number of halogens is 3. The Morgan fingerprint density at radius 1 is 1.42 bits per heavy atom. The molecule has 0 unspecified atom stereocenters. The highest BCUT2D eigenvalue weighted by Gasteiger charge is 2.27. The lowest BCUT2D eigenvalue weighted by Gasteiger charge is -2.07. The van der Waals surface area contributed by atoms with Gasteiger partial charge in [0.1, 0.15) is 6.07 Å². The van der Waals surface area contributed by atoms with Gasteiger partial charge in [0.2, 0.25) is 0 Å². The summed E-state index contributed by atoms with van der Waals surface area (Å²) < 4.78 is 38.2. The fourth-order valence-corrected chi connectivity index (χ4v) is 2.55. The van der Waals surface area contributed by atoms with Crippen LogP contribution >= 0.6 is 24.0 Å². The van der Waals surface area contributed by atoms with Crippen LogP contribution in [0.25, 0.3) is 11.0 Å². The molecule has 0 spiro atoms. The van der Waals surface area contributed by atoms with E-state index in [-0.39, 0.29) is 24.1 Å². The Labute approximate surface area is 116 Å². The van der Waals surface area contributed by atoms with E-state index >= 15 is 0 Å². The van der Waals surface area contributed by atoms with Crippen LogP contribution in [0, 0.1) is 16.1 Å². The van der Waals surface area contributed by atoms with Gasteiger partial charge in [-0.3, -0.25) is 0 Å². The smallest absolute Gasteiger partial charge is 0.329 e. The molecule has 1 N–H and O–H groups in total. The molecule has 1 aromatic heterocycles. The third-order valence-corrected chi connectivity index (χ3v) is 3.55. The van der Waals surface area contributed by atoms with Gasteiger partial charge in [0, 0.05) is 12.3 Å². The standard InChI is InChI=1S/C11H8F3N3S2/c12-11(13,14)19-5-4-17-8-3-1-2-7(6-15)9(8)16-10(17)18/h1-3H,4-5H2,(H,16,18). The summed E-state index contributed by atoms with van der Waals surface area (Å²) in [6, 6.07) is 7.04. The summed E-state index contributed by atoms with van der Waals surface area (Å²) in [6.07, 6.45) is 0. The number of nitrogens with one attached hydrogen (secondary N) is 1. The Balaban J connectivity index is 2.32. The number of aromatic nitrogens is 2. The van der Waals surface area contributed by atoms with Crippen LogP contribution in [-0.4, -0.2) is 20.8 Å². The van der Waals surface area contributed by atoms with Gasteiger partial charge in [-0.05, 0) is 36.1 Å². The monoisotopic (exact) mass is 303 g/mol. The number of H-pyrrole nitrogens is 1. The quantitative estimate of drug-likeness (QED) is 0.877. The van der Waals surface area contributed by atoms with Crippen molar-refractivity contribution in [3.05, 3.63) is 28.5 Å². The van der Waals surface area contributed by atoms with Gasteiger partial charge in [-0.25, -0.2) is 0 Å². The van der Waals surface area contributed by atoms with Crippen LogP contribution in [-0.2, 0) is 6.54 Å². The van der Waals surface area contributed by atoms with Crippen molar-refractivity contribution in [2.24, 2.45) is 0 Å². The highest BCUT2D eigenvalue weighted by atomic mass is 32.2. The topological polar surface area (TPSA) is 44.5 Å². The molecule has 0 saturated carbocycles. The second-order valence-electron chi connectivity index (χ2n) is 3.69. The summed E-state index contributed by atoms with van der Waals surface area (Å²) in [5.41, 5.74) is -2.61. The zero-order valence-corrected chi connectivity index (χ0v) is 11.1. The molecule has 0 saturated heterocycles. The van der Waals surface area contributed by atoms with E-state index in [0.29, 0.717) is 21.4 Å². The molecule has 0 aliphatic heterocycles. The molecular weight excluding hydrogens is 295 g/mol. The molecule has 100 valence electrons. The fraction of sp³-hybridized carbons (Fsp3) is 0.273. The number of imidazole rings is 1. The van der Waals surface area contributed by atoms with E-state index in [1.54, 1.807) is 22.8 Å². The number of hydrogen-bond acceptors (Lipinski definition) is 3. The van der Waals surface area contributed by atoms with E-state index in [4.69, 9.17) is 17.5 Å². The van der Waals surface area contributed by atoms with Crippen molar-refractivity contribution in [1.29, 1.82) is 5.26 Å². The first kappa shape index (κ1) is 14.0. The van der Waals surface area contributed by atoms with Crippen molar-refractivity contribution in [3.63, 3.8) is 0 Å². The summed E-state index contributed by atoms with van der Waals surface area (Å²) in [5.74, 6) is -0.123. The lowest BCUT2D eigenvalue weighted by molar-refractivity contribution is -0.0328. The van der Waals surface area contributed by atoms with Crippen molar-refractivity contribution in [2.75, 3.05) is 5.75 Å². The molecule has 2 rings (SSSR count). The van der Waals surface area contributed by atoms with E-state index in [9.17, 15) is 13.2 Å². The number of aryl methyl sites for hydroxylation is 1. The second-order valence-corrected chi connectivity index (χ2v) is 5.23. The van der Waals surface area contributed by atoms with E-state index in [1.165, 1.54) is 0 Å². The Bertz CT molecular complexity index is 694. The van der Waals surface area contributed by atoms with Crippen LogP contribution < -0.4 is 0 Å². The largest absolute Gasteiger partial charge is 0.441 e. The van der Waals surface area contributed by atoms with E-state index in [1.807, 2.05) is 6.07 Å². The van der Waals surface area contributed by atoms with Crippen LogP contribution in [0.3, 0.4) is 0 Å². The predicted molar refractivity (Wildman–Crippen MR) is 70.4 cm³/mol. The number of nitriles is 1. The summed E-state index contributed by atoms with van der Waals surface area (Å²) >= 11 is 4.99. The minimum absolute atomic E-state index is 0.0870. The minimum Gasteiger partial charge on any atom is -0.329 e. The Morgan fingerprint density at radius 2 is 2.16 bits per heavy atom. The summed E-state index contributed by atoms with van der Waals surface area (Å²) in [5, 5.41) is 8.95. The molecule has 1 heterocycles. The maximum Gasteiger partial charge on any atom is 0.441 e. The summed E-state index contributed by atoms with van der Waals surface area (Å²) in [6.45, 7) is 0.137. The lowest BCUT2D eigenvalue weighted by atomic mass is 10.2. The highest BCUT2D eigenvalue weighted by Crippen LogP contribution is 2.30. The number of nitrogens with zero attached hydrogens (tertiary/aromatic N) is 2. The average Bonchev–Trinajstić information content (AvgIpc) is 2.64. The molecule has 1 aromatic carbocycles. The molecule has 3 nitrogen and oxygen atoms in total. The average molecular weight is 303 g/mol. The Morgan fingerprint density at radius 3 is 2.79 bits per heavy atom. The molecule has 0 amide bonds. The zero-order chi connectivity index (χ0) is 14.0. The lowest BCUT2D eigenvalue weighted by Crippen LogP contribution is -2.07. The van der Waals surface area contributed by atoms with Gasteiger partial charge in [0.25, 0.3) is 0 Å². The first-order valence-corrected chi connectivity index (χ1v) is 6.64. The number of para-hydroxylation sites is 1. The molecule has 0 fully saturated rings. The van der Waals surface area contributed by atoms with Crippen LogP contribution in [0.4, 0.5) is 13.2 Å². The highest BCUT2D eigenvalue weighted by molar-refractivity contribution is 8.00. The van der Waals surface area contributed by atoms with Crippen molar-refractivity contribution < 1.29 is 13.2 Å². The van der Waals surface area contributed by atoms with Crippen LogP contribution in [0.2, 0.25) is 0 Å². The molecule has 0 aliphatic rings. The van der Waals surface area contributed by atoms with Gasteiger partial charge < -0.3 is 9.55 Å². The third kappa shape index (κ3) is 3.11. The van der Waals surface area contributed by atoms with Crippen LogP contribution in [0.1, 0.15) is 5.56 Å². The van der Waals surface area contributed by atoms with Crippen molar-refractivity contribution in [3.8, 4) is 6.07 Å². The molecule has 2 aromatic rings. The van der Waals surface area contributed by atoms with Gasteiger partial charge in [-0.2, -0.15) is 18.4 Å². The van der Waals surface area contributed by atoms with Crippen LogP contribution in [0.5, 0.6) is 0 Å². The number of thioether (sulfide) groups is 1. The number of alkyl halides is 3. The molecule has 19 heavy (non-hydrogen) atoms. The van der Waals surface area contributed by atoms with Crippen LogP contribution in [0.15, 0.2) is 18.2 Å². The Kier molecular flexibility index (Phi) is 3.87. The minimum atomic E-state index is -4.24. The molecule has 0 atom stereocenters. The molecule has 8 heteroatoms. The zero-order valence-electron chi connectivity index (χ0n) is 9.49. The third-order valence-electron chi connectivity index (χ3n) is 2.51. The fourth-order valence-electron chi connectivity index (χ4n) is 1.75. The van der Waals surface area contributed by atoms with Crippen molar-refractivity contribution in [1.82, 2.24) is 9.55 Å². The first-order valence-electron chi connectivity index (χ1n) is 5.24. The molecular formula is C11H8F3N3S2. The van der Waals surface area contributed by atoms with E-state index < -0.39 is 5.51 Å². The van der Waals surface area contributed by atoms with Crippen molar-refractivity contribution >= 4 is 35.0 Å². The summed E-state index contributed by atoms with van der Waals surface area (Å²) in [7, 11) is 0. The number of aromatic amines is 1. The number of benzene rings is 1. The van der Waals surface area contributed by atoms with Gasteiger partial charge >= 0.3 is 5.51 Å². The van der Waals surface area contributed by atoms with Crippen molar-refractivity contribution in [2.45, 2.75) is 12.1 Å². The molecule has 0 bridgehead atoms. The van der Waals surface area contributed by atoms with Gasteiger partial charge in [-0.1, -0.05) is 6.07 Å². The molecule has 0 aliphatic carbocycles. The maximum atomic E-state index is 12.1. The first-order chi connectivity index (χ1) is 8.92. The van der Waals surface area contributed by atoms with Gasteiger partial charge in [0.05, 0.1) is 16.6 Å². The molecule has 0 radical (unpaired) electrons. The Hall–Kier alpha value is -1.46. The number of fused-ring (bicyclic) bond motifs is 1. The van der Waals surface area contributed by atoms with E-state index in [0.717, 1.165) is 0 Å². The predicted octanol–water partition coefficient (Wildman–Crippen LogP) is 3.82. The normalized spacial score (nSPS) is 11.7. The van der Waals surface area contributed by atoms with Gasteiger partial charge in [0.15, 0.2) is 4.77 Å². The number of rotatable bonds is 3. The second kappa shape index (κ2) is 5.27. The van der Waals surface area contributed by atoms with E-state index in [2.05, 4.69) is 4.98 Å². The number of hydrogen-bond donors (Lipinski definition) is 1.